The highest BCUT2D eigenvalue weighted by Gasteiger charge is 2.19. The highest BCUT2D eigenvalue weighted by Crippen LogP contribution is 1.94. The number of carbonyl (C=O) groups is 2. The lowest BCUT2D eigenvalue weighted by atomic mass is 10.2. The Bertz CT molecular complexity index is 183. The van der Waals surface area contributed by atoms with E-state index in [0.29, 0.717) is 0 Å². The summed E-state index contributed by atoms with van der Waals surface area (Å²) >= 11 is 0. The SMILES string of the molecule is COCCOC(=O)C(O)CC(=O)O.N. The average Bonchev–Trinajstić information content (AvgIpc) is 2.03. The molecule has 84 valence electrons. The third kappa shape index (κ3) is 7.47. The van der Waals surface area contributed by atoms with Crippen molar-refractivity contribution in [3.8, 4) is 0 Å². The number of methoxy groups -OCH3 is 1. The first kappa shape index (κ1) is 15.3. The number of hydrogen-bond donors (Lipinski definition) is 3. The first-order chi connectivity index (χ1) is 6.07. The number of carbonyl (C=O) groups excluding carboxylic acids is 1. The predicted octanol–water partition coefficient (Wildman–Crippen LogP) is -0.826. The van der Waals surface area contributed by atoms with E-state index in [1.165, 1.54) is 7.11 Å². The van der Waals surface area contributed by atoms with Crippen LogP contribution in [0.3, 0.4) is 0 Å². The van der Waals surface area contributed by atoms with Crippen LogP contribution in [-0.2, 0) is 19.1 Å². The highest BCUT2D eigenvalue weighted by atomic mass is 16.6. The zero-order valence-corrected chi connectivity index (χ0v) is 7.93. The second-order valence-electron chi connectivity index (χ2n) is 2.27. The number of hydrogen-bond acceptors (Lipinski definition) is 6. The third-order valence-corrected chi connectivity index (χ3v) is 1.17. The Balaban J connectivity index is 0. The van der Waals surface area contributed by atoms with Gasteiger partial charge in [-0.15, -0.1) is 0 Å². The zero-order valence-electron chi connectivity index (χ0n) is 7.93. The molecule has 0 radical (unpaired) electrons. The van der Waals surface area contributed by atoms with Gasteiger partial charge >= 0.3 is 11.9 Å². The number of aliphatic hydroxyl groups excluding tert-OH is 1. The van der Waals surface area contributed by atoms with Crippen LogP contribution in [0.1, 0.15) is 6.42 Å². The topological polar surface area (TPSA) is 128 Å². The van der Waals surface area contributed by atoms with Crippen molar-refractivity contribution in [2.75, 3.05) is 20.3 Å². The van der Waals surface area contributed by atoms with Crippen LogP contribution in [0.5, 0.6) is 0 Å². The number of carboxylic acids is 1. The van der Waals surface area contributed by atoms with Crippen LogP contribution in [0.15, 0.2) is 0 Å². The molecule has 0 heterocycles. The molecule has 1 atom stereocenters. The Morgan fingerprint density at radius 3 is 2.36 bits per heavy atom. The minimum atomic E-state index is -1.60. The van der Waals surface area contributed by atoms with Crippen LogP contribution < -0.4 is 6.15 Å². The molecular formula is C7H15NO6. The van der Waals surface area contributed by atoms with Crippen molar-refractivity contribution in [3.63, 3.8) is 0 Å². The van der Waals surface area contributed by atoms with Gasteiger partial charge in [0, 0.05) is 7.11 Å². The maximum absolute atomic E-state index is 10.8. The van der Waals surface area contributed by atoms with Gasteiger partial charge in [0.2, 0.25) is 0 Å². The molecule has 0 aliphatic carbocycles. The number of ether oxygens (including phenoxy) is 2. The van der Waals surface area contributed by atoms with Crippen molar-refractivity contribution >= 4 is 11.9 Å². The molecule has 0 spiro atoms. The van der Waals surface area contributed by atoms with Gasteiger partial charge in [0.05, 0.1) is 13.0 Å². The lowest BCUT2D eigenvalue weighted by Crippen LogP contribution is -2.26. The zero-order chi connectivity index (χ0) is 10.3. The highest BCUT2D eigenvalue weighted by molar-refractivity contribution is 5.80. The molecule has 5 N–H and O–H groups in total. The molecule has 0 rings (SSSR count). The summed E-state index contributed by atoms with van der Waals surface area (Å²) < 4.78 is 9.05. The summed E-state index contributed by atoms with van der Waals surface area (Å²) in [5, 5.41) is 17.1. The van der Waals surface area contributed by atoms with Crippen LogP contribution in [0.4, 0.5) is 0 Å². The average molecular weight is 209 g/mol. The maximum atomic E-state index is 10.8. The van der Waals surface area contributed by atoms with Crippen LogP contribution in [-0.4, -0.2) is 48.6 Å². The van der Waals surface area contributed by atoms with Crippen molar-refractivity contribution in [1.82, 2.24) is 6.15 Å². The Hall–Kier alpha value is -1.18. The molecule has 14 heavy (non-hydrogen) atoms. The summed E-state index contributed by atoms with van der Waals surface area (Å²) in [5.41, 5.74) is 0. The minimum Gasteiger partial charge on any atom is -0.481 e. The molecule has 0 aromatic carbocycles. The van der Waals surface area contributed by atoms with Gasteiger partial charge < -0.3 is 25.8 Å². The molecule has 0 saturated heterocycles. The van der Waals surface area contributed by atoms with E-state index < -0.39 is 24.5 Å². The lowest BCUT2D eigenvalue weighted by Gasteiger charge is -2.07. The normalized spacial score (nSPS) is 11.3. The maximum Gasteiger partial charge on any atom is 0.335 e. The van der Waals surface area contributed by atoms with Gasteiger partial charge in [0.15, 0.2) is 6.10 Å². The molecule has 0 amide bonds. The number of esters is 1. The standard InChI is InChI=1S/C7H12O6.H3N/c1-12-2-3-13-7(11)5(8)4-6(9)10;/h5,8H,2-4H2,1H3,(H,9,10);1H3. The second-order valence-corrected chi connectivity index (χ2v) is 2.27. The lowest BCUT2D eigenvalue weighted by molar-refractivity contribution is -0.159. The van der Waals surface area contributed by atoms with Crippen molar-refractivity contribution < 1.29 is 29.3 Å². The van der Waals surface area contributed by atoms with E-state index in [-0.39, 0.29) is 19.4 Å². The van der Waals surface area contributed by atoms with Crippen molar-refractivity contribution in [2.45, 2.75) is 12.5 Å². The van der Waals surface area contributed by atoms with Gasteiger partial charge in [-0.2, -0.15) is 0 Å². The Morgan fingerprint density at radius 2 is 1.93 bits per heavy atom. The summed E-state index contributed by atoms with van der Waals surface area (Å²) in [7, 11) is 1.43. The molecule has 7 heteroatoms. The summed E-state index contributed by atoms with van der Waals surface area (Å²) in [6.45, 7) is 0.220. The van der Waals surface area contributed by atoms with Crippen molar-refractivity contribution in [3.05, 3.63) is 0 Å². The summed E-state index contributed by atoms with van der Waals surface area (Å²) in [6.07, 6.45) is -2.25. The number of rotatable bonds is 6. The van der Waals surface area contributed by atoms with Crippen LogP contribution >= 0.6 is 0 Å². The molecule has 1 unspecified atom stereocenters. The molecule has 0 aromatic heterocycles. The van der Waals surface area contributed by atoms with Gasteiger partial charge in [-0.3, -0.25) is 4.79 Å². The summed E-state index contributed by atoms with van der Waals surface area (Å²) in [4.78, 5) is 20.8. The summed E-state index contributed by atoms with van der Waals surface area (Å²) in [5.74, 6) is -2.20. The third-order valence-electron chi connectivity index (χ3n) is 1.17. The van der Waals surface area contributed by atoms with Gasteiger partial charge in [-0.1, -0.05) is 0 Å². The van der Waals surface area contributed by atoms with Gasteiger partial charge in [-0.25, -0.2) is 4.79 Å². The monoisotopic (exact) mass is 209 g/mol. The first-order valence-electron chi connectivity index (χ1n) is 3.63. The molecule has 0 aliphatic heterocycles. The fourth-order valence-corrected chi connectivity index (χ4v) is 0.571. The van der Waals surface area contributed by atoms with Gasteiger partial charge in [0.1, 0.15) is 6.61 Å². The number of carboxylic acid groups (broad SMARTS) is 1. The number of aliphatic hydroxyl groups is 1. The van der Waals surface area contributed by atoms with Gasteiger partial charge in [-0.05, 0) is 0 Å². The van der Waals surface area contributed by atoms with E-state index in [2.05, 4.69) is 9.47 Å². The van der Waals surface area contributed by atoms with E-state index in [9.17, 15) is 9.59 Å². The van der Waals surface area contributed by atoms with E-state index in [0.717, 1.165) is 0 Å². The van der Waals surface area contributed by atoms with Crippen LogP contribution in [0, 0.1) is 0 Å². The van der Waals surface area contributed by atoms with E-state index >= 15 is 0 Å². The fraction of sp³-hybridized carbons (Fsp3) is 0.714. The largest absolute Gasteiger partial charge is 0.481 e. The van der Waals surface area contributed by atoms with Crippen molar-refractivity contribution in [1.29, 1.82) is 0 Å². The fourth-order valence-electron chi connectivity index (χ4n) is 0.571. The van der Waals surface area contributed by atoms with E-state index in [1.807, 2.05) is 0 Å². The molecule has 0 saturated carbocycles. The second kappa shape index (κ2) is 8.42. The molecule has 0 aliphatic rings. The van der Waals surface area contributed by atoms with Crippen LogP contribution in [0.2, 0.25) is 0 Å². The van der Waals surface area contributed by atoms with Gasteiger partial charge in [0.25, 0.3) is 0 Å². The molecular weight excluding hydrogens is 194 g/mol. The van der Waals surface area contributed by atoms with E-state index in [4.69, 9.17) is 10.2 Å². The van der Waals surface area contributed by atoms with Crippen molar-refractivity contribution in [2.24, 2.45) is 0 Å². The summed E-state index contributed by atoms with van der Waals surface area (Å²) in [6, 6.07) is 0. The smallest absolute Gasteiger partial charge is 0.335 e. The van der Waals surface area contributed by atoms with E-state index in [1.54, 1.807) is 0 Å². The Kier molecular flexibility index (Phi) is 9.20. The number of aliphatic carboxylic acids is 1. The Labute approximate surface area is 81.2 Å². The van der Waals surface area contributed by atoms with Crippen LogP contribution in [0.25, 0.3) is 0 Å². The molecule has 0 aromatic rings. The molecule has 7 nitrogen and oxygen atoms in total. The molecule has 0 bridgehead atoms. The quantitative estimate of drug-likeness (QED) is 0.384. The predicted molar refractivity (Wildman–Crippen MR) is 46.1 cm³/mol. The molecule has 0 fully saturated rings. The minimum absolute atomic E-state index is 0. The first-order valence-corrected chi connectivity index (χ1v) is 3.63. The Morgan fingerprint density at radius 1 is 1.36 bits per heavy atom.